The third-order valence-electron chi connectivity index (χ3n) is 4.24. The number of benzene rings is 2. The van der Waals surface area contributed by atoms with Crippen LogP contribution in [0.2, 0.25) is 0 Å². The highest BCUT2D eigenvalue weighted by atomic mass is 32.1. The predicted octanol–water partition coefficient (Wildman–Crippen LogP) is 4.77. The van der Waals surface area contributed by atoms with Gasteiger partial charge in [0.25, 0.3) is 5.91 Å². The molecule has 0 unspecified atom stereocenters. The number of thiazole rings is 1. The lowest BCUT2D eigenvalue weighted by Gasteiger charge is -2.22. The maximum absolute atomic E-state index is 12.9. The smallest absolute Gasteiger partial charge is 0.257 e. The van der Waals surface area contributed by atoms with Crippen molar-refractivity contribution in [2.45, 2.75) is 26.2 Å². The Hall–Kier alpha value is -2.99. The minimum atomic E-state index is -0.207. The first kappa shape index (κ1) is 19.8. The van der Waals surface area contributed by atoms with Gasteiger partial charge in [0.15, 0.2) is 5.13 Å². The summed E-state index contributed by atoms with van der Waals surface area (Å²) in [5.41, 5.74) is 2.13. The summed E-state index contributed by atoms with van der Waals surface area (Å²) in [5, 5.41) is 5.11. The molecular formula is C22H23N3O2S. The van der Waals surface area contributed by atoms with Crippen molar-refractivity contribution in [2.24, 2.45) is 0 Å². The molecule has 0 spiro atoms. The van der Waals surface area contributed by atoms with Crippen LogP contribution in [-0.4, -0.2) is 23.3 Å². The monoisotopic (exact) mass is 393 g/mol. The van der Waals surface area contributed by atoms with Gasteiger partial charge in [0.05, 0.1) is 12.1 Å². The Bertz CT molecular complexity index is 910. The van der Waals surface area contributed by atoms with Crippen LogP contribution in [0.4, 0.5) is 10.8 Å². The second-order valence-corrected chi connectivity index (χ2v) is 7.23. The first-order valence-electron chi connectivity index (χ1n) is 9.33. The van der Waals surface area contributed by atoms with Crippen LogP contribution in [0.3, 0.4) is 0 Å². The number of hydrogen-bond donors (Lipinski definition) is 1. The summed E-state index contributed by atoms with van der Waals surface area (Å²) in [6.45, 7) is 2.79. The van der Waals surface area contributed by atoms with E-state index in [2.05, 4.69) is 17.2 Å². The topological polar surface area (TPSA) is 62.3 Å². The van der Waals surface area contributed by atoms with Crippen molar-refractivity contribution in [3.8, 4) is 0 Å². The van der Waals surface area contributed by atoms with Crippen molar-refractivity contribution in [3.05, 3.63) is 77.3 Å². The fourth-order valence-corrected chi connectivity index (χ4v) is 3.48. The Morgan fingerprint density at radius 1 is 1.04 bits per heavy atom. The van der Waals surface area contributed by atoms with Gasteiger partial charge in [-0.3, -0.25) is 14.9 Å². The maximum atomic E-state index is 12.9. The van der Waals surface area contributed by atoms with Gasteiger partial charge < -0.3 is 4.90 Å². The maximum Gasteiger partial charge on any atom is 0.257 e. The lowest BCUT2D eigenvalue weighted by Crippen LogP contribution is -2.33. The molecule has 3 aromatic rings. The fourth-order valence-electron chi connectivity index (χ4n) is 2.78. The summed E-state index contributed by atoms with van der Waals surface area (Å²) in [6, 6.07) is 18.7. The Kier molecular flexibility index (Phi) is 6.92. The molecule has 1 aromatic heterocycles. The third-order valence-corrected chi connectivity index (χ3v) is 5.05. The Morgan fingerprint density at radius 2 is 1.71 bits per heavy atom. The van der Waals surface area contributed by atoms with Gasteiger partial charge in [-0.15, -0.1) is 11.3 Å². The molecule has 0 saturated heterocycles. The average Bonchev–Trinajstić information content (AvgIpc) is 3.16. The quantitative estimate of drug-likeness (QED) is 0.599. The fraction of sp³-hybridized carbons (Fsp3) is 0.227. The van der Waals surface area contributed by atoms with E-state index < -0.39 is 0 Å². The molecule has 144 valence electrons. The zero-order chi connectivity index (χ0) is 19.8. The predicted molar refractivity (Wildman–Crippen MR) is 114 cm³/mol. The van der Waals surface area contributed by atoms with E-state index in [1.807, 2.05) is 58.8 Å². The lowest BCUT2D eigenvalue weighted by molar-refractivity contribution is -0.118. The molecule has 0 fully saturated rings. The second kappa shape index (κ2) is 9.80. The largest absolute Gasteiger partial charge is 0.312 e. The Labute approximate surface area is 169 Å². The van der Waals surface area contributed by atoms with Crippen molar-refractivity contribution < 1.29 is 9.59 Å². The first-order valence-corrected chi connectivity index (χ1v) is 10.2. The summed E-state index contributed by atoms with van der Waals surface area (Å²) in [4.78, 5) is 31.3. The van der Waals surface area contributed by atoms with Crippen LogP contribution in [0.25, 0.3) is 0 Å². The number of hydrogen-bond acceptors (Lipinski definition) is 4. The van der Waals surface area contributed by atoms with Crippen LogP contribution in [0.5, 0.6) is 0 Å². The number of para-hydroxylation sites is 1. The van der Waals surface area contributed by atoms with Crippen molar-refractivity contribution in [1.29, 1.82) is 0 Å². The summed E-state index contributed by atoms with van der Waals surface area (Å²) in [7, 11) is 0. The number of nitrogens with one attached hydrogen (secondary N) is 1. The van der Waals surface area contributed by atoms with Gasteiger partial charge in [-0.1, -0.05) is 49.7 Å². The summed E-state index contributed by atoms with van der Waals surface area (Å²) >= 11 is 1.33. The molecule has 0 radical (unpaired) electrons. The molecule has 0 aliphatic carbocycles. The molecule has 0 bridgehead atoms. The van der Waals surface area contributed by atoms with Gasteiger partial charge in [-0.25, -0.2) is 4.98 Å². The van der Waals surface area contributed by atoms with E-state index in [1.165, 1.54) is 11.3 Å². The minimum absolute atomic E-state index is 0.00545. The number of nitrogens with zero attached hydrogens (tertiary/aromatic N) is 2. The highest BCUT2D eigenvalue weighted by molar-refractivity contribution is 7.14. The Balaban J connectivity index is 1.65. The molecule has 3 rings (SSSR count). The standard InChI is InChI=1S/C22H23N3O2S/c1-2-3-14-25(19-12-8-5-9-13-19)20(26)15-18-16-28-22(23-18)24-21(27)17-10-6-4-7-11-17/h4-13,16H,2-3,14-15H2,1H3,(H,23,24,27). The molecule has 5 nitrogen and oxygen atoms in total. The van der Waals surface area contributed by atoms with E-state index in [0.29, 0.717) is 22.9 Å². The molecule has 2 aromatic carbocycles. The summed E-state index contributed by atoms with van der Waals surface area (Å²) in [6.07, 6.45) is 2.16. The number of rotatable bonds is 8. The molecule has 0 aliphatic heterocycles. The van der Waals surface area contributed by atoms with Crippen molar-refractivity contribution in [2.75, 3.05) is 16.8 Å². The van der Waals surface area contributed by atoms with Gasteiger partial charge in [0, 0.05) is 23.2 Å². The lowest BCUT2D eigenvalue weighted by atomic mass is 10.2. The molecule has 28 heavy (non-hydrogen) atoms. The second-order valence-electron chi connectivity index (χ2n) is 6.38. The van der Waals surface area contributed by atoms with Gasteiger partial charge in [-0.2, -0.15) is 0 Å². The summed E-state index contributed by atoms with van der Waals surface area (Å²) < 4.78 is 0. The van der Waals surface area contributed by atoms with E-state index in [1.54, 1.807) is 12.1 Å². The molecule has 2 amide bonds. The van der Waals surface area contributed by atoms with E-state index in [9.17, 15) is 9.59 Å². The van der Waals surface area contributed by atoms with Gasteiger partial charge in [0.1, 0.15) is 0 Å². The number of amides is 2. The molecule has 1 N–H and O–H groups in total. The summed E-state index contributed by atoms with van der Waals surface area (Å²) in [5.74, 6) is -0.201. The number of carbonyl (C=O) groups excluding carboxylic acids is 2. The van der Waals surface area contributed by atoms with Crippen molar-refractivity contribution in [1.82, 2.24) is 4.98 Å². The van der Waals surface area contributed by atoms with Gasteiger partial charge >= 0.3 is 0 Å². The average molecular weight is 394 g/mol. The Morgan fingerprint density at radius 3 is 2.39 bits per heavy atom. The van der Waals surface area contributed by atoms with Crippen LogP contribution in [0, 0.1) is 0 Å². The first-order chi connectivity index (χ1) is 13.7. The zero-order valence-corrected chi connectivity index (χ0v) is 16.6. The SMILES string of the molecule is CCCCN(C(=O)Cc1csc(NC(=O)c2ccccc2)n1)c1ccccc1. The van der Waals surface area contributed by atoms with Gasteiger partial charge in [-0.05, 0) is 30.7 Å². The molecule has 0 saturated carbocycles. The molecule has 0 aliphatic rings. The van der Waals surface area contributed by atoms with E-state index in [4.69, 9.17) is 0 Å². The van der Waals surface area contributed by atoms with Crippen LogP contribution < -0.4 is 10.2 Å². The van der Waals surface area contributed by atoms with Gasteiger partial charge in [0.2, 0.25) is 5.91 Å². The van der Waals surface area contributed by atoms with Crippen molar-refractivity contribution in [3.63, 3.8) is 0 Å². The van der Waals surface area contributed by atoms with E-state index >= 15 is 0 Å². The molecular weight excluding hydrogens is 370 g/mol. The van der Waals surface area contributed by atoms with E-state index in [0.717, 1.165) is 18.5 Å². The molecule has 1 heterocycles. The normalized spacial score (nSPS) is 10.5. The number of anilines is 2. The highest BCUT2D eigenvalue weighted by Crippen LogP contribution is 2.20. The number of unbranched alkanes of at least 4 members (excludes halogenated alkanes) is 1. The zero-order valence-electron chi connectivity index (χ0n) is 15.8. The van der Waals surface area contributed by atoms with Crippen LogP contribution in [0.15, 0.2) is 66.0 Å². The van der Waals surface area contributed by atoms with E-state index in [-0.39, 0.29) is 18.2 Å². The molecule has 0 atom stereocenters. The van der Waals surface area contributed by atoms with Crippen LogP contribution in [0.1, 0.15) is 35.8 Å². The van der Waals surface area contributed by atoms with Crippen molar-refractivity contribution >= 4 is 34.0 Å². The molecule has 6 heteroatoms. The highest BCUT2D eigenvalue weighted by Gasteiger charge is 2.17. The van der Waals surface area contributed by atoms with Crippen LogP contribution in [-0.2, 0) is 11.2 Å². The minimum Gasteiger partial charge on any atom is -0.312 e. The van der Waals surface area contributed by atoms with Crippen LogP contribution >= 0.6 is 11.3 Å². The number of carbonyl (C=O) groups is 2. The third kappa shape index (κ3) is 5.27. The number of aromatic nitrogens is 1.